The Morgan fingerprint density at radius 3 is 2.16 bits per heavy atom. The van der Waals surface area contributed by atoms with Gasteiger partial charge in [0.1, 0.15) is 0 Å². The number of H-pyrrole nitrogens is 1. The molecule has 2 heterocycles. The Hall–Kier alpha value is -3.19. The zero-order chi connectivity index (χ0) is 20.6. The van der Waals surface area contributed by atoms with Crippen LogP contribution in [-0.4, -0.2) is 4.98 Å². The summed E-state index contributed by atoms with van der Waals surface area (Å²) in [5, 5.41) is 8.97. The van der Waals surface area contributed by atoms with Gasteiger partial charge in [-0.3, -0.25) is 0 Å². The first-order valence-electron chi connectivity index (χ1n) is 10.5. The van der Waals surface area contributed by atoms with Crippen LogP contribution in [0.5, 0.6) is 0 Å². The van der Waals surface area contributed by atoms with E-state index in [1.807, 2.05) is 0 Å². The summed E-state index contributed by atoms with van der Waals surface area (Å²) in [6.45, 7) is 0. The predicted molar refractivity (Wildman–Crippen MR) is 138 cm³/mol. The van der Waals surface area contributed by atoms with Gasteiger partial charge in [0.2, 0.25) is 0 Å². The van der Waals surface area contributed by atoms with Crippen LogP contribution in [0.2, 0.25) is 0 Å². The molecule has 31 heavy (non-hydrogen) atoms. The second kappa shape index (κ2) is 6.17. The van der Waals surface area contributed by atoms with Crippen molar-refractivity contribution >= 4 is 66.3 Å². The number of rotatable bonds is 1. The minimum absolute atomic E-state index is 1.17. The van der Waals surface area contributed by atoms with Crippen molar-refractivity contribution in [3.63, 3.8) is 0 Å². The van der Waals surface area contributed by atoms with Gasteiger partial charge in [-0.1, -0.05) is 96.7 Å². The number of fused-ring (bicyclic) bond motifs is 7. The molecule has 0 radical (unpaired) electrons. The van der Waals surface area contributed by atoms with Crippen molar-refractivity contribution in [2.24, 2.45) is 0 Å². The average molecular weight is 432 g/mol. The molecule has 7 rings (SSSR count). The minimum atomic E-state index is -2.19. The molecule has 0 fully saturated rings. The summed E-state index contributed by atoms with van der Waals surface area (Å²) in [6, 6.07) is 35.1. The molecule has 1 N–H and O–H groups in total. The summed E-state index contributed by atoms with van der Waals surface area (Å²) in [7, 11) is 0. The summed E-state index contributed by atoms with van der Waals surface area (Å²) >= 11 is 6.73. The topological polar surface area (TPSA) is 15.8 Å². The van der Waals surface area contributed by atoms with Crippen molar-refractivity contribution in [1.82, 2.24) is 4.98 Å². The van der Waals surface area contributed by atoms with Gasteiger partial charge >= 0.3 is 0 Å². The van der Waals surface area contributed by atoms with Crippen molar-refractivity contribution in [3.05, 3.63) is 103 Å². The van der Waals surface area contributed by atoms with E-state index in [1.165, 1.54) is 59.6 Å². The molecule has 0 aliphatic carbocycles. The molecule has 1 aromatic heterocycles. The van der Waals surface area contributed by atoms with Gasteiger partial charge in [0.25, 0.3) is 0 Å². The number of hydrogen-bond acceptors (Lipinski definition) is 1. The number of aromatic amines is 1. The molecule has 0 amide bonds. The number of benzene rings is 5. The van der Waals surface area contributed by atoms with Gasteiger partial charge in [0.15, 0.2) is 0 Å². The van der Waals surface area contributed by atoms with Gasteiger partial charge in [-0.05, 0) is 40.1 Å². The zero-order valence-corrected chi connectivity index (χ0v) is 18.4. The standard InChI is InChI=1S/C28H18NPS/c31-30(26-15-7-9-18-8-1-2-10-19(18)26)27-14-6-4-12-21(27)23-16-25-22(17-28(23)30)20-11-3-5-13-24(20)29-25/h1-17,29H. The van der Waals surface area contributed by atoms with Gasteiger partial charge in [-0.15, -0.1) is 0 Å². The molecule has 1 aliphatic heterocycles. The van der Waals surface area contributed by atoms with Crippen LogP contribution >= 0.6 is 6.04 Å². The summed E-state index contributed by atoms with van der Waals surface area (Å²) in [4.78, 5) is 3.61. The van der Waals surface area contributed by atoms with E-state index >= 15 is 0 Å². The third-order valence-corrected chi connectivity index (χ3v) is 11.6. The molecule has 3 heteroatoms. The van der Waals surface area contributed by atoms with Crippen molar-refractivity contribution in [1.29, 1.82) is 0 Å². The largest absolute Gasteiger partial charge is 0.354 e. The molecular formula is C28H18NPS. The van der Waals surface area contributed by atoms with E-state index in [2.05, 4.69) is 108 Å². The van der Waals surface area contributed by atoms with Crippen LogP contribution in [0.3, 0.4) is 0 Å². The lowest BCUT2D eigenvalue weighted by Crippen LogP contribution is -2.21. The Labute approximate surface area is 185 Å². The lowest BCUT2D eigenvalue weighted by Gasteiger charge is -2.22. The summed E-state index contributed by atoms with van der Waals surface area (Å²) in [5.41, 5.74) is 4.92. The Balaban J connectivity index is 1.66. The summed E-state index contributed by atoms with van der Waals surface area (Å²) < 4.78 is 0. The van der Waals surface area contributed by atoms with Gasteiger partial charge in [-0.2, -0.15) is 0 Å². The molecule has 5 aromatic carbocycles. The van der Waals surface area contributed by atoms with Crippen molar-refractivity contribution in [2.45, 2.75) is 0 Å². The lowest BCUT2D eigenvalue weighted by molar-refractivity contribution is 1.55. The van der Waals surface area contributed by atoms with Crippen LogP contribution in [0.25, 0.3) is 43.7 Å². The molecule has 1 nitrogen and oxygen atoms in total. The van der Waals surface area contributed by atoms with Crippen molar-refractivity contribution in [2.75, 3.05) is 0 Å². The molecule has 1 aliphatic rings. The van der Waals surface area contributed by atoms with E-state index in [1.54, 1.807) is 0 Å². The molecule has 0 saturated carbocycles. The third kappa shape index (κ3) is 2.24. The highest BCUT2D eigenvalue weighted by molar-refractivity contribution is 8.26. The van der Waals surface area contributed by atoms with E-state index in [0.29, 0.717) is 0 Å². The second-order valence-electron chi connectivity index (χ2n) is 8.21. The highest BCUT2D eigenvalue weighted by Crippen LogP contribution is 2.54. The van der Waals surface area contributed by atoms with E-state index < -0.39 is 6.04 Å². The molecule has 1 unspecified atom stereocenters. The molecule has 0 spiro atoms. The Morgan fingerprint density at radius 1 is 0.516 bits per heavy atom. The zero-order valence-electron chi connectivity index (χ0n) is 16.7. The fourth-order valence-electron chi connectivity index (χ4n) is 5.21. The second-order valence-corrected chi connectivity index (χ2v) is 12.5. The van der Waals surface area contributed by atoms with E-state index in [-0.39, 0.29) is 0 Å². The Morgan fingerprint density at radius 2 is 1.23 bits per heavy atom. The highest BCUT2D eigenvalue weighted by Gasteiger charge is 2.37. The monoisotopic (exact) mass is 431 g/mol. The third-order valence-electron chi connectivity index (χ3n) is 6.60. The number of hydrogen-bond donors (Lipinski definition) is 1. The van der Waals surface area contributed by atoms with Crippen LogP contribution in [0.4, 0.5) is 0 Å². The molecular weight excluding hydrogens is 413 g/mol. The van der Waals surface area contributed by atoms with Gasteiger partial charge < -0.3 is 4.98 Å². The molecule has 1 atom stereocenters. The quantitative estimate of drug-likeness (QED) is 0.306. The lowest BCUT2D eigenvalue weighted by atomic mass is 10.0. The maximum Gasteiger partial charge on any atom is 0.0471 e. The maximum atomic E-state index is 6.73. The van der Waals surface area contributed by atoms with Crippen LogP contribution in [0, 0.1) is 0 Å². The van der Waals surface area contributed by atoms with Gasteiger partial charge in [-0.25, -0.2) is 0 Å². The summed E-state index contributed by atoms with van der Waals surface area (Å²) in [5.74, 6) is 0. The highest BCUT2D eigenvalue weighted by atomic mass is 32.4. The van der Waals surface area contributed by atoms with E-state index in [0.717, 1.165) is 0 Å². The average Bonchev–Trinajstić information content (AvgIpc) is 3.31. The fourth-order valence-corrected chi connectivity index (χ4v) is 9.90. The first kappa shape index (κ1) is 17.5. The van der Waals surface area contributed by atoms with Crippen LogP contribution in [0.15, 0.2) is 103 Å². The predicted octanol–water partition coefficient (Wildman–Crippen LogP) is 6.21. The number of nitrogens with one attached hydrogen (secondary N) is 1. The van der Waals surface area contributed by atoms with Crippen molar-refractivity contribution < 1.29 is 0 Å². The summed E-state index contributed by atoms with van der Waals surface area (Å²) in [6.07, 6.45) is 0. The van der Waals surface area contributed by atoms with Crippen LogP contribution in [0.1, 0.15) is 0 Å². The van der Waals surface area contributed by atoms with Crippen LogP contribution < -0.4 is 15.9 Å². The Kier molecular flexibility index (Phi) is 3.48. The minimum Gasteiger partial charge on any atom is -0.354 e. The van der Waals surface area contributed by atoms with E-state index in [9.17, 15) is 0 Å². The van der Waals surface area contributed by atoms with Gasteiger partial charge in [0, 0.05) is 43.8 Å². The normalized spacial score (nSPS) is 17.3. The number of para-hydroxylation sites is 1. The Bertz CT molecular complexity index is 1720. The first-order valence-corrected chi connectivity index (χ1v) is 13.3. The molecule has 6 aromatic rings. The molecule has 0 saturated heterocycles. The first-order chi connectivity index (χ1) is 15.2. The SMILES string of the molecule is S=P1(c2cccc3ccccc23)c2ccccc2-c2cc3[nH]c4ccccc4c3cc21. The van der Waals surface area contributed by atoms with Crippen molar-refractivity contribution in [3.8, 4) is 11.1 Å². The van der Waals surface area contributed by atoms with E-state index in [4.69, 9.17) is 11.8 Å². The maximum absolute atomic E-state index is 6.73. The molecule has 146 valence electrons. The fraction of sp³-hybridized carbons (Fsp3) is 0. The molecule has 0 bridgehead atoms. The van der Waals surface area contributed by atoms with Crippen LogP contribution in [-0.2, 0) is 11.8 Å². The van der Waals surface area contributed by atoms with Gasteiger partial charge in [0.05, 0.1) is 0 Å². The number of aromatic nitrogens is 1. The smallest absolute Gasteiger partial charge is 0.0471 e.